The first-order chi connectivity index (χ1) is 43.6. The molecule has 8 rings (SSSR count). The van der Waals surface area contributed by atoms with Crippen molar-refractivity contribution in [2.75, 3.05) is 106 Å². The Kier molecular flexibility index (Phi) is 26.1. The van der Waals surface area contributed by atoms with Crippen molar-refractivity contribution >= 4 is 61.7 Å². The van der Waals surface area contributed by atoms with Crippen molar-refractivity contribution in [3.05, 3.63) is 128 Å². The van der Waals surface area contributed by atoms with Gasteiger partial charge in [-0.15, -0.1) is 0 Å². The standard InChI is InChI=1S/C63H79Cl2N3O21P2/c1-40(2)84-39-45-35-47(89-91(76,77)88-41(3)4)38-68(45)61(72)43-10-15-46(16-11-43)83-33-32-82-31-30-81-29-28-80-27-26-79-25-24-78-23-21-67-56(70)19-14-44-34-52-60(58(65)59(44)71)86-55-37-54(69)50(42-12-17-48(18-13-42)90(74,75)85-22-6-5-20-66)36-51(55)63(52)57-49(62(73)87-63)8-7-9-53(57)64/h7-13,15-18,34,36-37,40-41,45,47,69,71H,5-6,14,19-33,35,38-39,66H2,1-4H3,(H,67,70)(H,74,75)(H,76,77). The lowest BCUT2D eigenvalue weighted by molar-refractivity contribution is -0.121. The monoisotopic (exact) mass is 1350 g/mol. The summed E-state index contributed by atoms with van der Waals surface area (Å²) in [4.78, 5) is 62.9. The third-order valence-electron chi connectivity index (χ3n) is 14.7. The number of fused-ring (bicyclic) bond motifs is 6. The minimum absolute atomic E-state index is 0.00313. The Labute approximate surface area is 538 Å². The van der Waals surface area contributed by atoms with E-state index in [0.717, 1.165) is 0 Å². The number of hydrogen-bond donors (Lipinski definition) is 6. The number of nitrogens with two attached hydrogens (primary N) is 1. The molecule has 5 aromatic carbocycles. The van der Waals surface area contributed by atoms with Crippen LogP contribution in [0, 0.1) is 0 Å². The van der Waals surface area contributed by atoms with Crippen molar-refractivity contribution in [1.82, 2.24) is 10.2 Å². The van der Waals surface area contributed by atoms with Gasteiger partial charge < -0.3 is 83.1 Å². The molecule has 0 radical (unpaired) electrons. The number of aromatic hydroxyl groups is 2. The van der Waals surface area contributed by atoms with Crippen molar-refractivity contribution in [2.45, 2.75) is 89.8 Å². The molecule has 3 heterocycles. The lowest BCUT2D eigenvalue weighted by atomic mass is 9.76. The van der Waals surface area contributed by atoms with Gasteiger partial charge >= 0.3 is 21.4 Å². The number of nitrogens with one attached hydrogen (secondary N) is 1. The smallest absolute Gasteiger partial charge is 0.472 e. The van der Waals surface area contributed by atoms with Crippen LogP contribution in [0.25, 0.3) is 11.1 Å². The van der Waals surface area contributed by atoms with Crippen molar-refractivity contribution in [3.8, 4) is 39.9 Å². The molecular formula is C63H79Cl2N3O21P2. The molecule has 7 N–H and O–H groups in total. The Bertz CT molecular complexity index is 3380. The molecule has 5 atom stereocenters. The number of halogens is 2. The Hall–Kier alpha value is -5.73. The number of nitrogens with zero attached hydrogens (tertiary/aromatic N) is 1. The number of carbonyl (C=O) groups excluding carboxylic acids is 3. The summed E-state index contributed by atoms with van der Waals surface area (Å²) < 4.78 is 93.5. The fraction of sp³-hybridized carbons (Fsp3) is 0.476. The average molecular weight is 1350 g/mol. The van der Waals surface area contributed by atoms with Gasteiger partial charge in [-0.25, -0.2) is 9.36 Å². The summed E-state index contributed by atoms with van der Waals surface area (Å²) in [5.74, 6) is -1.42. The fourth-order valence-electron chi connectivity index (χ4n) is 10.5. The molecule has 0 bridgehead atoms. The molecule has 496 valence electrons. The minimum atomic E-state index is -4.31. The molecule has 1 fully saturated rings. The van der Waals surface area contributed by atoms with Gasteiger partial charge in [-0.3, -0.25) is 23.2 Å². The second kappa shape index (κ2) is 33.4. The molecular weight excluding hydrogens is 1270 g/mol. The lowest BCUT2D eigenvalue weighted by Crippen LogP contribution is -2.39. The normalized spacial score (nSPS) is 18.0. The molecule has 1 saturated heterocycles. The van der Waals surface area contributed by atoms with E-state index >= 15 is 0 Å². The van der Waals surface area contributed by atoms with E-state index in [0.29, 0.717) is 95.5 Å². The number of amides is 2. The van der Waals surface area contributed by atoms with Crippen LogP contribution in [0.5, 0.6) is 28.7 Å². The molecule has 3 aliphatic rings. The van der Waals surface area contributed by atoms with Gasteiger partial charge in [0.1, 0.15) is 34.6 Å². The van der Waals surface area contributed by atoms with E-state index in [4.69, 9.17) is 85.1 Å². The van der Waals surface area contributed by atoms with E-state index in [2.05, 4.69) is 5.32 Å². The number of benzene rings is 5. The summed E-state index contributed by atoms with van der Waals surface area (Å²) >= 11 is 13.8. The second-order valence-electron chi connectivity index (χ2n) is 22.0. The number of phenolic OH excluding ortho intramolecular Hbond substituents is 2. The Balaban J connectivity index is 0.702. The fourth-order valence-corrected chi connectivity index (χ4v) is 13.2. The Morgan fingerprint density at radius 3 is 2.07 bits per heavy atom. The summed E-state index contributed by atoms with van der Waals surface area (Å²) in [5.41, 5.74) is 5.93. The van der Waals surface area contributed by atoms with Crippen molar-refractivity contribution in [3.63, 3.8) is 0 Å². The van der Waals surface area contributed by atoms with Crippen LogP contribution in [0.1, 0.15) is 96.3 Å². The highest BCUT2D eigenvalue weighted by molar-refractivity contribution is 7.61. The molecule has 0 aromatic heterocycles. The van der Waals surface area contributed by atoms with Gasteiger partial charge in [-0.1, -0.05) is 41.4 Å². The molecule has 0 aliphatic carbocycles. The molecule has 2 amide bonds. The first-order valence-corrected chi connectivity index (χ1v) is 33.9. The highest BCUT2D eigenvalue weighted by Gasteiger charge is 2.56. The van der Waals surface area contributed by atoms with E-state index < -0.39 is 39.2 Å². The number of phosphoric ester groups is 1. The van der Waals surface area contributed by atoms with Gasteiger partial charge in [0.05, 0.1) is 115 Å². The van der Waals surface area contributed by atoms with Crippen LogP contribution in [0.4, 0.5) is 0 Å². The number of hydrogen-bond acceptors (Lipinski definition) is 20. The predicted molar refractivity (Wildman–Crippen MR) is 336 cm³/mol. The van der Waals surface area contributed by atoms with E-state index in [1.807, 2.05) is 13.8 Å². The van der Waals surface area contributed by atoms with Crippen LogP contribution >= 0.6 is 38.6 Å². The van der Waals surface area contributed by atoms with Gasteiger partial charge in [-0.2, -0.15) is 0 Å². The summed E-state index contributed by atoms with van der Waals surface area (Å²) in [6, 6.07) is 21.5. The number of ether oxygens (including phenoxy) is 9. The first-order valence-electron chi connectivity index (χ1n) is 30.0. The molecule has 1 spiro atoms. The van der Waals surface area contributed by atoms with E-state index in [9.17, 15) is 43.5 Å². The maximum absolute atomic E-state index is 13.8. The lowest BCUT2D eigenvalue weighted by Gasteiger charge is -2.38. The summed E-state index contributed by atoms with van der Waals surface area (Å²) in [7, 11) is -8.49. The third-order valence-corrected chi connectivity index (χ3v) is 18.1. The van der Waals surface area contributed by atoms with Gasteiger partial charge in [0.25, 0.3) is 5.91 Å². The summed E-state index contributed by atoms with van der Waals surface area (Å²) in [5, 5.41) is 25.7. The minimum Gasteiger partial charge on any atom is -0.507 e. The molecule has 91 heavy (non-hydrogen) atoms. The molecule has 5 aromatic rings. The molecule has 0 saturated carbocycles. The topological polar surface area (TPSA) is 318 Å². The van der Waals surface area contributed by atoms with Crippen molar-refractivity contribution in [2.24, 2.45) is 5.73 Å². The number of aryl methyl sites for hydroxylation is 1. The maximum Gasteiger partial charge on any atom is 0.472 e. The Morgan fingerprint density at radius 2 is 1.43 bits per heavy atom. The number of phosphoric acid groups is 1. The number of phenols is 2. The van der Waals surface area contributed by atoms with Crippen LogP contribution < -0.4 is 25.8 Å². The number of esters is 1. The number of carbonyl (C=O) groups is 3. The number of likely N-dealkylation sites (tertiary alicyclic amines) is 1. The number of unbranched alkanes of at least 4 members (excludes halogenated alkanes) is 1. The quantitative estimate of drug-likeness (QED) is 0.0123. The van der Waals surface area contributed by atoms with Crippen LogP contribution in [-0.4, -0.2) is 173 Å². The van der Waals surface area contributed by atoms with E-state index in [1.54, 1.807) is 85.5 Å². The van der Waals surface area contributed by atoms with Crippen LogP contribution in [0.15, 0.2) is 84.9 Å². The van der Waals surface area contributed by atoms with Crippen molar-refractivity contribution < 1.29 is 99.7 Å². The predicted octanol–water partition coefficient (Wildman–Crippen LogP) is 8.97. The van der Waals surface area contributed by atoms with Gasteiger partial charge in [-0.05, 0) is 132 Å². The highest BCUT2D eigenvalue weighted by atomic mass is 35.5. The summed E-state index contributed by atoms with van der Waals surface area (Å²) in [6.07, 6.45) is 0.104. The zero-order valence-corrected chi connectivity index (χ0v) is 54.4. The van der Waals surface area contributed by atoms with E-state index in [1.165, 1.54) is 18.2 Å². The van der Waals surface area contributed by atoms with E-state index in [-0.39, 0.29) is 155 Å². The first kappa shape index (κ1) is 71.1. The van der Waals surface area contributed by atoms with Crippen LogP contribution in [-0.2, 0) is 72.7 Å². The molecule has 5 unspecified atom stereocenters. The van der Waals surface area contributed by atoms with Gasteiger partial charge in [0, 0.05) is 58.4 Å². The SMILES string of the molecule is CC(C)OCC1CC(OP(=O)(O)OC(C)C)CN1C(=O)c1ccc(OCCOCCOCCOCCOCCOCCNC(=O)CCc2cc3c(c(Cl)c2O)Oc2cc(O)c(-c4ccc(P(=O)(O)OCCCCN)cc4)cc2C32OC(=O)c3cccc(Cl)c32)cc1. The highest BCUT2D eigenvalue weighted by Crippen LogP contribution is 2.62. The van der Waals surface area contributed by atoms with Gasteiger partial charge in [0.15, 0.2) is 11.4 Å². The molecule has 28 heteroatoms. The zero-order valence-electron chi connectivity index (χ0n) is 51.1. The largest absolute Gasteiger partial charge is 0.507 e. The van der Waals surface area contributed by atoms with Crippen LogP contribution in [0.2, 0.25) is 10.0 Å². The zero-order chi connectivity index (χ0) is 65.3. The second-order valence-corrected chi connectivity index (χ2v) is 26.0. The average Bonchev–Trinajstić information content (AvgIpc) is 1.64. The maximum atomic E-state index is 13.8. The van der Waals surface area contributed by atoms with Gasteiger partial charge in [0.2, 0.25) is 5.91 Å². The molecule has 24 nitrogen and oxygen atoms in total. The molecule has 3 aliphatic heterocycles. The Morgan fingerprint density at radius 1 is 0.780 bits per heavy atom. The summed E-state index contributed by atoms with van der Waals surface area (Å²) in [6.45, 7) is 11.5. The third kappa shape index (κ3) is 18.8. The van der Waals surface area contributed by atoms with Crippen molar-refractivity contribution in [1.29, 1.82) is 0 Å². The number of rotatable bonds is 37. The van der Waals surface area contributed by atoms with Crippen LogP contribution in [0.3, 0.4) is 0 Å².